The van der Waals surface area contributed by atoms with Crippen molar-refractivity contribution in [2.24, 2.45) is 0 Å². The van der Waals surface area contributed by atoms with Crippen LogP contribution in [0.5, 0.6) is 11.5 Å². The molecule has 2 aromatic carbocycles. The first-order valence-electron chi connectivity index (χ1n) is 10.5. The maximum absolute atomic E-state index is 13.8. The Morgan fingerprint density at radius 3 is 2.53 bits per heavy atom. The van der Waals surface area contributed by atoms with Crippen molar-refractivity contribution in [1.82, 2.24) is 4.90 Å². The average molecular weight is 409 g/mol. The Morgan fingerprint density at radius 2 is 1.83 bits per heavy atom. The van der Waals surface area contributed by atoms with E-state index in [0.29, 0.717) is 19.7 Å². The second-order valence-electron chi connectivity index (χ2n) is 8.77. The number of hydrogen-bond acceptors (Lipinski definition) is 5. The minimum atomic E-state index is -0.616. The Kier molecular flexibility index (Phi) is 4.71. The second kappa shape index (κ2) is 7.29. The molecular formula is C24H27NO5. The quantitative estimate of drug-likeness (QED) is 0.729. The van der Waals surface area contributed by atoms with Gasteiger partial charge in [0.05, 0.1) is 12.0 Å². The summed E-state index contributed by atoms with van der Waals surface area (Å²) in [7, 11) is 0. The van der Waals surface area contributed by atoms with E-state index >= 15 is 0 Å². The lowest BCUT2D eigenvalue weighted by molar-refractivity contribution is -0.148. The highest BCUT2D eigenvalue weighted by Gasteiger charge is 2.53. The normalized spacial score (nSPS) is 22.7. The molecule has 0 aromatic heterocycles. The van der Waals surface area contributed by atoms with Crippen molar-refractivity contribution in [2.75, 3.05) is 19.9 Å². The Hall–Kier alpha value is -2.57. The molecule has 158 valence electrons. The summed E-state index contributed by atoms with van der Waals surface area (Å²) in [6.07, 6.45) is 1.60. The summed E-state index contributed by atoms with van der Waals surface area (Å²) in [6.45, 7) is 5.51. The molecule has 0 spiro atoms. The number of amides is 1. The molecular weight excluding hydrogens is 382 g/mol. The monoisotopic (exact) mass is 409 g/mol. The molecule has 2 heterocycles. The third kappa shape index (κ3) is 3.66. The summed E-state index contributed by atoms with van der Waals surface area (Å²) in [5.74, 6) is 1.01. The van der Waals surface area contributed by atoms with Gasteiger partial charge in [0, 0.05) is 13.1 Å². The van der Waals surface area contributed by atoms with Crippen LogP contribution in [-0.2, 0) is 26.2 Å². The topological polar surface area (TPSA) is 57.2 Å². The standard InChI is InChI=1S/C24H27NO5/c1-23(2)29-15-19(30-23)14-25(13-17-8-9-20-21(12-17)28-16-27-20)22(26)24(10-11-24)18-6-4-3-5-7-18/h3-9,12,19H,10-11,13-16H2,1-2H3/t19-/m1/s1. The Bertz CT molecular complexity index is 938. The molecule has 6 heteroatoms. The summed E-state index contributed by atoms with van der Waals surface area (Å²) in [5.41, 5.74) is 1.68. The number of benzene rings is 2. The SMILES string of the molecule is CC1(C)OC[C@@H](CN(Cc2ccc3c(c2)OCO3)C(=O)C2(c3ccccc3)CC2)O1. The van der Waals surface area contributed by atoms with Crippen LogP contribution in [0, 0.1) is 0 Å². The van der Waals surface area contributed by atoms with Crippen molar-refractivity contribution in [2.45, 2.75) is 50.5 Å². The number of nitrogens with zero attached hydrogens (tertiary/aromatic N) is 1. The van der Waals surface area contributed by atoms with Gasteiger partial charge in [0.1, 0.15) is 6.10 Å². The molecule has 30 heavy (non-hydrogen) atoms. The largest absolute Gasteiger partial charge is 0.454 e. The molecule has 0 radical (unpaired) electrons. The maximum atomic E-state index is 13.8. The van der Waals surface area contributed by atoms with Crippen LogP contribution in [0.25, 0.3) is 0 Å². The minimum Gasteiger partial charge on any atom is -0.454 e. The molecule has 1 atom stereocenters. The Labute approximate surface area is 176 Å². The lowest BCUT2D eigenvalue weighted by Crippen LogP contribution is -2.43. The van der Waals surface area contributed by atoms with Crippen LogP contribution >= 0.6 is 0 Å². The first kappa shape index (κ1) is 19.4. The zero-order valence-corrected chi connectivity index (χ0v) is 17.4. The van der Waals surface area contributed by atoms with E-state index in [1.807, 2.05) is 55.1 Å². The third-order valence-corrected chi connectivity index (χ3v) is 6.07. The number of fused-ring (bicyclic) bond motifs is 1. The number of carbonyl (C=O) groups is 1. The van der Waals surface area contributed by atoms with E-state index in [2.05, 4.69) is 12.1 Å². The summed E-state index contributed by atoms with van der Waals surface area (Å²) in [6, 6.07) is 16.0. The number of ether oxygens (including phenoxy) is 4. The van der Waals surface area contributed by atoms with Crippen LogP contribution in [0.3, 0.4) is 0 Å². The van der Waals surface area contributed by atoms with Crippen molar-refractivity contribution < 1.29 is 23.7 Å². The summed E-state index contributed by atoms with van der Waals surface area (Å²) in [5, 5.41) is 0. The highest BCUT2D eigenvalue weighted by atomic mass is 16.7. The number of carbonyl (C=O) groups excluding carboxylic acids is 1. The predicted octanol–water partition coefficient (Wildman–Crippen LogP) is 3.63. The van der Waals surface area contributed by atoms with Gasteiger partial charge in [-0.3, -0.25) is 4.79 Å². The fourth-order valence-corrected chi connectivity index (χ4v) is 4.39. The summed E-state index contributed by atoms with van der Waals surface area (Å²) < 4.78 is 22.7. The molecule has 0 unspecified atom stereocenters. The molecule has 3 aliphatic rings. The highest BCUT2D eigenvalue weighted by Crippen LogP contribution is 2.50. The van der Waals surface area contributed by atoms with Gasteiger partial charge in [0.15, 0.2) is 17.3 Å². The second-order valence-corrected chi connectivity index (χ2v) is 8.77. The zero-order chi connectivity index (χ0) is 20.8. The zero-order valence-electron chi connectivity index (χ0n) is 17.4. The van der Waals surface area contributed by atoms with E-state index in [9.17, 15) is 4.79 Å². The molecule has 2 aromatic rings. The van der Waals surface area contributed by atoms with Crippen LogP contribution in [0.15, 0.2) is 48.5 Å². The van der Waals surface area contributed by atoms with Gasteiger partial charge in [-0.15, -0.1) is 0 Å². The van der Waals surface area contributed by atoms with Gasteiger partial charge in [0.25, 0.3) is 0 Å². The molecule has 1 saturated carbocycles. The third-order valence-electron chi connectivity index (χ3n) is 6.07. The van der Waals surface area contributed by atoms with E-state index in [0.717, 1.165) is 35.5 Å². The maximum Gasteiger partial charge on any atom is 0.233 e. The predicted molar refractivity (Wildman–Crippen MR) is 110 cm³/mol. The molecule has 1 amide bonds. The first-order valence-corrected chi connectivity index (χ1v) is 10.5. The van der Waals surface area contributed by atoms with E-state index in [-0.39, 0.29) is 18.8 Å². The Balaban J connectivity index is 1.40. The summed E-state index contributed by atoms with van der Waals surface area (Å²) in [4.78, 5) is 15.7. The van der Waals surface area contributed by atoms with Crippen LogP contribution in [0.4, 0.5) is 0 Å². The number of hydrogen-bond donors (Lipinski definition) is 0. The van der Waals surface area contributed by atoms with Gasteiger partial charge in [0.2, 0.25) is 12.7 Å². The van der Waals surface area contributed by atoms with Gasteiger partial charge >= 0.3 is 0 Å². The van der Waals surface area contributed by atoms with Gasteiger partial charge in [-0.2, -0.15) is 0 Å². The average Bonchev–Trinajstić information content (AvgIpc) is 3.30. The Morgan fingerprint density at radius 1 is 1.07 bits per heavy atom. The van der Waals surface area contributed by atoms with E-state index in [1.54, 1.807) is 0 Å². The van der Waals surface area contributed by atoms with Crippen LogP contribution < -0.4 is 9.47 Å². The highest BCUT2D eigenvalue weighted by molar-refractivity contribution is 5.91. The summed E-state index contributed by atoms with van der Waals surface area (Å²) >= 11 is 0. The van der Waals surface area contributed by atoms with Gasteiger partial charge in [-0.1, -0.05) is 36.4 Å². The van der Waals surface area contributed by atoms with Crippen LogP contribution in [-0.4, -0.2) is 42.6 Å². The smallest absolute Gasteiger partial charge is 0.233 e. The van der Waals surface area contributed by atoms with Crippen molar-refractivity contribution in [1.29, 1.82) is 0 Å². The fraction of sp³-hybridized carbons (Fsp3) is 0.458. The molecule has 6 nitrogen and oxygen atoms in total. The van der Waals surface area contributed by atoms with Gasteiger partial charge in [-0.05, 0) is 49.9 Å². The first-order chi connectivity index (χ1) is 14.5. The molecule has 0 N–H and O–H groups in total. The molecule has 2 aliphatic heterocycles. The lowest BCUT2D eigenvalue weighted by atomic mass is 9.94. The van der Waals surface area contributed by atoms with Crippen molar-refractivity contribution in [3.05, 3.63) is 59.7 Å². The van der Waals surface area contributed by atoms with Crippen molar-refractivity contribution in [3.8, 4) is 11.5 Å². The van der Waals surface area contributed by atoms with E-state index < -0.39 is 11.2 Å². The molecule has 1 aliphatic carbocycles. The van der Waals surface area contributed by atoms with E-state index in [4.69, 9.17) is 18.9 Å². The molecule has 2 fully saturated rings. The van der Waals surface area contributed by atoms with Gasteiger partial charge < -0.3 is 23.8 Å². The molecule has 0 bridgehead atoms. The van der Waals surface area contributed by atoms with Crippen molar-refractivity contribution >= 4 is 5.91 Å². The molecule has 5 rings (SSSR count). The fourth-order valence-electron chi connectivity index (χ4n) is 4.39. The lowest BCUT2D eigenvalue weighted by Gasteiger charge is -2.30. The van der Waals surface area contributed by atoms with Crippen LogP contribution in [0.1, 0.15) is 37.8 Å². The van der Waals surface area contributed by atoms with Crippen LogP contribution in [0.2, 0.25) is 0 Å². The van der Waals surface area contributed by atoms with E-state index in [1.165, 1.54) is 0 Å². The van der Waals surface area contributed by atoms with Crippen molar-refractivity contribution in [3.63, 3.8) is 0 Å². The molecule has 1 saturated heterocycles. The number of rotatable bonds is 6. The van der Waals surface area contributed by atoms with Gasteiger partial charge in [-0.25, -0.2) is 0 Å². The minimum absolute atomic E-state index is 0.149.